The highest BCUT2D eigenvalue weighted by molar-refractivity contribution is 9.10. The number of halogens is 1. The fourth-order valence-corrected chi connectivity index (χ4v) is 2.29. The SMILES string of the molecule is CN(C)CCn1ncc(Br)c1C(N)c1ncccn1. The number of rotatable bonds is 5. The van der Waals surface area contributed by atoms with Crippen molar-refractivity contribution in [1.29, 1.82) is 0 Å². The molecule has 0 aromatic carbocycles. The Morgan fingerprint density at radius 3 is 2.68 bits per heavy atom. The minimum absolute atomic E-state index is 0.389. The van der Waals surface area contributed by atoms with Gasteiger partial charge in [0.2, 0.25) is 0 Å². The molecule has 0 radical (unpaired) electrons. The quantitative estimate of drug-likeness (QED) is 0.889. The predicted octanol–water partition coefficient (Wildman–Crippen LogP) is 1.05. The average Bonchev–Trinajstić information content (AvgIpc) is 2.78. The molecule has 0 aliphatic rings. The summed E-state index contributed by atoms with van der Waals surface area (Å²) in [6.07, 6.45) is 5.14. The van der Waals surface area contributed by atoms with Gasteiger partial charge in [-0.1, -0.05) is 0 Å². The van der Waals surface area contributed by atoms with Crippen molar-refractivity contribution in [3.05, 3.63) is 40.6 Å². The highest BCUT2D eigenvalue weighted by atomic mass is 79.9. The number of hydrogen-bond donors (Lipinski definition) is 1. The second-order valence-electron chi connectivity index (χ2n) is 4.49. The maximum Gasteiger partial charge on any atom is 0.151 e. The molecule has 1 atom stereocenters. The molecule has 0 amide bonds. The summed E-state index contributed by atoms with van der Waals surface area (Å²) in [7, 11) is 4.05. The van der Waals surface area contributed by atoms with Crippen LogP contribution in [0, 0.1) is 0 Å². The highest BCUT2D eigenvalue weighted by Crippen LogP contribution is 2.24. The molecule has 0 aliphatic heterocycles. The third kappa shape index (κ3) is 3.37. The largest absolute Gasteiger partial charge is 0.316 e. The van der Waals surface area contributed by atoms with Gasteiger partial charge >= 0.3 is 0 Å². The number of aromatic nitrogens is 4. The van der Waals surface area contributed by atoms with Crippen LogP contribution in [0.5, 0.6) is 0 Å². The first-order chi connectivity index (χ1) is 9.09. The minimum Gasteiger partial charge on any atom is -0.316 e. The summed E-state index contributed by atoms with van der Waals surface area (Å²) >= 11 is 3.49. The van der Waals surface area contributed by atoms with E-state index in [4.69, 9.17) is 5.73 Å². The van der Waals surface area contributed by atoms with Crippen LogP contribution in [0.1, 0.15) is 17.6 Å². The lowest BCUT2D eigenvalue weighted by Gasteiger charge is -2.15. The zero-order valence-corrected chi connectivity index (χ0v) is 12.6. The smallest absolute Gasteiger partial charge is 0.151 e. The monoisotopic (exact) mass is 324 g/mol. The van der Waals surface area contributed by atoms with E-state index in [1.54, 1.807) is 24.7 Å². The van der Waals surface area contributed by atoms with Crippen molar-refractivity contribution in [1.82, 2.24) is 24.6 Å². The van der Waals surface area contributed by atoms with Crippen LogP contribution in [-0.2, 0) is 6.54 Å². The Morgan fingerprint density at radius 1 is 1.37 bits per heavy atom. The van der Waals surface area contributed by atoms with E-state index in [0.29, 0.717) is 5.82 Å². The van der Waals surface area contributed by atoms with Crippen LogP contribution in [0.2, 0.25) is 0 Å². The van der Waals surface area contributed by atoms with Crippen LogP contribution in [0.4, 0.5) is 0 Å². The van der Waals surface area contributed by atoms with E-state index >= 15 is 0 Å². The molecule has 2 aromatic rings. The van der Waals surface area contributed by atoms with Gasteiger partial charge in [-0.15, -0.1) is 0 Å². The lowest BCUT2D eigenvalue weighted by molar-refractivity contribution is 0.367. The normalized spacial score (nSPS) is 12.9. The summed E-state index contributed by atoms with van der Waals surface area (Å²) in [5, 5.41) is 4.34. The number of nitrogens with zero attached hydrogens (tertiary/aromatic N) is 5. The lowest BCUT2D eigenvalue weighted by Crippen LogP contribution is -2.24. The molecule has 0 fully saturated rings. The van der Waals surface area contributed by atoms with Crippen molar-refractivity contribution in [3.63, 3.8) is 0 Å². The van der Waals surface area contributed by atoms with Crippen molar-refractivity contribution in [2.45, 2.75) is 12.6 Å². The molecule has 2 N–H and O–H groups in total. The Bertz CT molecular complexity index is 524. The summed E-state index contributed by atoms with van der Waals surface area (Å²) in [4.78, 5) is 10.5. The van der Waals surface area contributed by atoms with Gasteiger partial charge in [-0.25, -0.2) is 9.97 Å². The van der Waals surface area contributed by atoms with Gasteiger partial charge < -0.3 is 10.6 Å². The van der Waals surface area contributed by atoms with Crippen LogP contribution in [0.3, 0.4) is 0 Å². The van der Waals surface area contributed by atoms with Gasteiger partial charge in [0.1, 0.15) is 6.04 Å². The number of likely N-dealkylation sites (N-methyl/N-ethyl adjacent to an activating group) is 1. The molecular weight excluding hydrogens is 308 g/mol. The van der Waals surface area contributed by atoms with Crippen molar-refractivity contribution in [2.24, 2.45) is 5.73 Å². The second kappa shape index (κ2) is 6.23. The molecule has 0 saturated carbocycles. The number of nitrogens with two attached hydrogens (primary N) is 1. The molecule has 2 rings (SSSR count). The van der Waals surface area contributed by atoms with Gasteiger partial charge in [0.15, 0.2) is 5.82 Å². The van der Waals surface area contributed by atoms with Crippen molar-refractivity contribution >= 4 is 15.9 Å². The molecule has 0 aliphatic carbocycles. The predicted molar refractivity (Wildman–Crippen MR) is 76.5 cm³/mol. The first-order valence-corrected chi connectivity index (χ1v) is 6.77. The Kier molecular flexibility index (Phi) is 4.62. The van der Waals surface area contributed by atoms with Gasteiger partial charge in [0, 0.05) is 18.9 Å². The molecule has 1 unspecified atom stereocenters. The Hall–Kier alpha value is -1.31. The van der Waals surface area contributed by atoms with E-state index in [9.17, 15) is 0 Å². The van der Waals surface area contributed by atoms with Crippen LogP contribution < -0.4 is 5.73 Å². The zero-order valence-electron chi connectivity index (χ0n) is 11.0. The molecule has 102 valence electrons. The van der Waals surface area contributed by atoms with Crippen molar-refractivity contribution in [3.8, 4) is 0 Å². The van der Waals surface area contributed by atoms with Gasteiger partial charge in [0.25, 0.3) is 0 Å². The maximum atomic E-state index is 6.24. The standard InChI is InChI=1S/C12H17BrN6/c1-18(2)6-7-19-11(9(13)8-17-19)10(14)12-15-4-3-5-16-12/h3-5,8,10H,6-7,14H2,1-2H3. The third-order valence-electron chi connectivity index (χ3n) is 2.75. The van der Waals surface area contributed by atoms with Gasteiger partial charge in [0.05, 0.1) is 22.9 Å². The summed E-state index contributed by atoms with van der Waals surface area (Å²) in [5.74, 6) is 0.592. The topological polar surface area (TPSA) is 72.9 Å². The van der Waals surface area contributed by atoms with E-state index in [2.05, 4.69) is 35.9 Å². The van der Waals surface area contributed by atoms with E-state index in [0.717, 1.165) is 23.3 Å². The molecule has 2 aromatic heterocycles. The molecule has 0 spiro atoms. The summed E-state index contributed by atoms with van der Waals surface area (Å²) in [6.45, 7) is 1.66. The summed E-state index contributed by atoms with van der Waals surface area (Å²) in [5.41, 5.74) is 7.14. The molecule has 19 heavy (non-hydrogen) atoms. The Morgan fingerprint density at radius 2 is 2.05 bits per heavy atom. The third-order valence-corrected chi connectivity index (χ3v) is 3.36. The fourth-order valence-electron chi connectivity index (χ4n) is 1.75. The van der Waals surface area contributed by atoms with Crippen molar-refractivity contribution < 1.29 is 0 Å². The van der Waals surface area contributed by atoms with Gasteiger partial charge in [-0.2, -0.15) is 5.10 Å². The molecule has 6 nitrogen and oxygen atoms in total. The van der Waals surface area contributed by atoms with Crippen LogP contribution in [0.25, 0.3) is 0 Å². The highest BCUT2D eigenvalue weighted by Gasteiger charge is 2.20. The molecule has 0 bridgehead atoms. The number of hydrogen-bond acceptors (Lipinski definition) is 5. The Balaban J connectivity index is 2.26. The maximum absolute atomic E-state index is 6.24. The van der Waals surface area contributed by atoms with Gasteiger partial charge in [-0.05, 0) is 36.1 Å². The summed E-state index contributed by atoms with van der Waals surface area (Å²) in [6, 6.07) is 1.38. The van der Waals surface area contributed by atoms with E-state index < -0.39 is 0 Å². The van der Waals surface area contributed by atoms with Crippen LogP contribution in [0.15, 0.2) is 29.1 Å². The molecule has 0 saturated heterocycles. The second-order valence-corrected chi connectivity index (χ2v) is 5.34. The Labute approximate surface area is 120 Å². The zero-order chi connectivity index (χ0) is 13.8. The first-order valence-electron chi connectivity index (χ1n) is 5.98. The van der Waals surface area contributed by atoms with Crippen LogP contribution >= 0.6 is 15.9 Å². The fraction of sp³-hybridized carbons (Fsp3) is 0.417. The van der Waals surface area contributed by atoms with E-state index in [1.165, 1.54) is 0 Å². The van der Waals surface area contributed by atoms with E-state index in [1.807, 2.05) is 18.8 Å². The lowest BCUT2D eigenvalue weighted by atomic mass is 10.2. The van der Waals surface area contributed by atoms with Crippen molar-refractivity contribution in [2.75, 3.05) is 20.6 Å². The molecule has 7 heteroatoms. The van der Waals surface area contributed by atoms with E-state index in [-0.39, 0.29) is 6.04 Å². The van der Waals surface area contributed by atoms with Gasteiger partial charge in [-0.3, -0.25) is 4.68 Å². The first kappa shape index (κ1) is 14.1. The minimum atomic E-state index is -0.389. The molecule has 2 heterocycles. The average molecular weight is 325 g/mol. The summed E-state index contributed by atoms with van der Waals surface area (Å²) < 4.78 is 2.77. The van der Waals surface area contributed by atoms with Crippen LogP contribution in [-0.4, -0.2) is 45.3 Å². The molecular formula is C12H17BrN6.